The second-order valence-electron chi connectivity index (χ2n) is 4.25. The van der Waals surface area contributed by atoms with E-state index in [9.17, 15) is 0 Å². The molecule has 2 aromatic rings. The van der Waals surface area contributed by atoms with Crippen molar-refractivity contribution in [3.8, 4) is 0 Å². The zero-order chi connectivity index (χ0) is 11.0. The van der Waals surface area contributed by atoms with Gasteiger partial charge in [0, 0.05) is 15.5 Å². The molecule has 82 valence electrons. The molecule has 16 heavy (non-hydrogen) atoms. The quantitative estimate of drug-likeness (QED) is 0.735. The monoisotopic (exact) mass is 324 g/mol. The van der Waals surface area contributed by atoms with E-state index in [0.29, 0.717) is 6.04 Å². The van der Waals surface area contributed by atoms with E-state index in [4.69, 9.17) is 0 Å². The first-order valence-corrected chi connectivity index (χ1v) is 6.68. The summed E-state index contributed by atoms with van der Waals surface area (Å²) in [6.45, 7) is 0. The Bertz CT molecular complexity index is 487. The summed E-state index contributed by atoms with van der Waals surface area (Å²) < 4.78 is 3.62. The van der Waals surface area contributed by atoms with Crippen LogP contribution in [0.25, 0.3) is 0 Å². The van der Waals surface area contributed by atoms with Gasteiger partial charge in [0.2, 0.25) is 0 Å². The van der Waals surface area contributed by atoms with Gasteiger partial charge in [0.15, 0.2) is 0 Å². The van der Waals surface area contributed by atoms with Gasteiger partial charge < -0.3 is 4.57 Å². The average Bonchev–Trinajstić information content (AvgIpc) is 2.78. The first kappa shape index (κ1) is 10.3. The van der Waals surface area contributed by atoms with Gasteiger partial charge in [-0.3, -0.25) is 0 Å². The fourth-order valence-electron chi connectivity index (χ4n) is 2.43. The minimum absolute atomic E-state index is 0.489. The smallest absolute Gasteiger partial charge is 0.0953 e. The number of rotatable bonds is 1. The summed E-state index contributed by atoms with van der Waals surface area (Å²) in [6.07, 6.45) is 7.63. The molecule has 0 N–H and O–H groups in total. The summed E-state index contributed by atoms with van der Waals surface area (Å²) in [7, 11) is 0. The molecule has 1 atom stereocenters. The summed E-state index contributed by atoms with van der Waals surface area (Å²) in [5.74, 6) is 0. The molecule has 2 heterocycles. The molecule has 1 aliphatic heterocycles. The first-order chi connectivity index (χ1) is 7.84. The lowest BCUT2D eigenvalue weighted by Crippen LogP contribution is -2.17. The van der Waals surface area contributed by atoms with E-state index in [1.54, 1.807) is 0 Å². The molecule has 0 radical (unpaired) electrons. The van der Waals surface area contributed by atoms with E-state index in [1.165, 1.54) is 34.1 Å². The van der Waals surface area contributed by atoms with Crippen molar-refractivity contribution in [2.24, 2.45) is 0 Å². The summed E-state index contributed by atoms with van der Waals surface area (Å²) in [5, 5.41) is 0. The molecule has 1 aromatic carbocycles. The van der Waals surface area contributed by atoms with Crippen LogP contribution >= 0.6 is 22.6 Å². The molecule has 0 spiro atoms. The topological polar surface area (TPSA) is 17.8 Å². The number of halogens is 1. The third-order valence-electron chi connectivity index (χ3n) is 3.25. The third-order valence-corrected chi connectivity index (χ3v) is 3.97. The maximum atomic E-state index is 4.26. The first-order valence-electron chi connectivity index (χ1n) is 5.61. The Morgan fingerprint density at radius 2 is 2.06 bits per heavy atom. The highest BCUT2D eigenvalue weighted by molar-refractivity contribution is 14.1. The molecule has 0 amide bonds. The molecule has 0 saturated heterocycles. The van der Waals surface area contributed by atoms with Crippen LogP contribution < -0.4 is 0 Å². The van der Waals surface area contributed by atoms with Crippen LogP contribution in [0.5, 0.6) is 0 Å². The normalized spacial score (nSPS) is 19.4. The fourth-order valence-corrected chi connectivity index (χ4v) is 2.79. The van der Waals surface area contributed by atoms with Crippen molar-refractivity contribution in [1.82, 2.24) is 9.55 Å². The number of benzene rings is 1. The van der Waals surface area contributed by atoms with Gasteiger partial charge in [-0.1, -0.05) is 12.1 Å². The summed E-state index contributed by atoms with van der Waals surface area (Å²) in [5.41, 5.74) is 2.77. The van der Waals surface area contributed by atoms with E-state index in [-0.39, 0.29) is 0 Å². The average molecular weight is 324 g/mol. The standard InChI is InChI=1S/C13H13IN2/c14-11-6-4-10(5-7-11)13-3-1-2-12-8-15-9-16(12)13/h4-9,13H,1-3H2. The lowest BCUT2D eigenvalue weighted by molar-refractivity contribution is 0.458. The van der Waals surface area contributed by atoms with Gasteiger partial charge in [0.05, 0.1) is 12.4 Å². The van der Waals surface area contributed by atoms with Crippen LogP contribution in [0.1, 0.15) is 30.1 Å². The Morgan fingerprint density at radius 1 is 1.25 bits per heavy atom. The molecule has 0 bridgehead atoms. The Labute approximate surface area is 109 Å². The van der Waals surface area contributed by atoms with Crippen molar-refractivity contribution in [3.63, 3.8) is 0 Å². The second-order valence-corrected chi connectivity index (χ2v) is 5.50. The third kappa shape index (κ3) is 1.77. The van der Waals surface area contributed by atoms with Crippen LogP contribution in [0.2, 0.25) is 0 Å². The largest absolute Gasteiger partial charge is 0.327 e. The molecule has 0 saturated carbocycles. The molecular formula is C13H13IN2. The highest BCUT2D eigenvalue weighted by Gasteiger charge is 2.20. The van der Waals surface area contributed by atoms with Crippen molar-refractivity contribution < 1.29 is 0 Å². The molecular weight excluding hydrogens is 311 g/mol. The molecule has 0 aliphatic carbocycles. The van der Waals surface area contributed by atoms with Crippen molar-refractivity contribution >= 4 is 22.6 Å². The van der Waals surface area contributed by atoms with Crippen molar-refractivity contribution in [1.29, 1.82) is 0 Å². The van der Waals surface area contributed by atoms with Gasteiger partial charge >= 0.3 is 0 Å². The number of nitrogens with zero attached hydrogens (tertiary/aromatic N) is 2. The molecule has 2 nitrogen and oxygen atoms in total. The van der Waals surface area contributed by atoms with Crippen LogP contribution in [0.3, 0.4) is 0 Å². The van der Waals surface area contributed by atoms with Crippen molar-refractivity contribution in [3.05, 3.63) is 51.6 Å². The Kier molecular flexibility index (Phi) is 2.71. The van der Waals surface area contributed by atoms with Gasteiger partial charge in [-0.25, -0.2) is 4.98 Å². The Hall–Kier alpha value is -0.840. The minimum Gasteiger partial charge on any atom is -0.327 e. The maximum absolute atomic E-state index is 4.26. The van der Waals surface area contributed by atoms with Crippen LogP contribution in [-0.4, -0.2) is 9.55 Å². The van der Waals surface area contributed by atoms with Crippen molar-refractivity contribution in [2.75, 3.05) is 0 Å². The molecule has 3 rings (SSSR count). The number of fused-ring (bicyclic) bond motifs is 1. The summed E-state index contributed by atoms with van der Waals surface area (Å²) in [6, 6.07) is 9.33. The molecule has 3 heteroatoms. The zero-order valence-electron chi connectivity index (χ0n) is 8.94. The highest BCUT2D eigenvalue weighted by Crippen LogP contribution is 2.30. The van der Waals surface area contributed by atoms with Gasteiger partial charge in [-0.15, -0.1) is 0 Å². The number of aryl methyl sites for hydroxylation is 1. The van der Waals surface area contributed by atoms with Crippen LogP contribution in [0, 0.1) is 3.57 Å². The fraction of sp³-hybridized carbons (Fsp3) is 0.308. The van der Waals surface area contributed by atoms with Crippen LogP contribution in [0.15, 0.2) is 36.8 Å². The molecule has 1 aromatic heterocycles. The Balaban J connectivity index is 2.00. The number of hydrogen-bond donors (Lipinski definition) is 0. The maximum Gasteiger partial charge on any atom is 0.0953 e. The van der Waals surface area contributed by atoms with E-state index < -0.39 is 0 Å². The predicted octanol–water partition coefficient (Wildman–Crippen LogP) is 3.41. The van der Waals surface area contributed by atoms with E-state index in [0.717, 1.165) is 0 Å². The van der Waals surface area contributed by atoms with Gasteiger partial charge in [0.25, 0.3) is 0 Å². The lowest BCUT2D eigenvalue weighted by atomic mass is 9.96. The summed E-state index contributed by atoms with van der Waals surface area (Å²) >= 11 is 2.35. The number of hydrogen-bond acceptors (Lipinski definition) is 1. The Morgan fingerprint density at radius 3 is 2.88 bits per heavy atom. The molecule has 0 fully saturated rings. The number of aromatic nitrogens is 2. The lowest BCUT2D eigenvalue weighted by Gasteiger charge is -2.25. The van der Waals surface area contributed by atoms with E-state index in [2.05, 4.69) is 56.4 Å². The predicted molar refractivity (Wildman–Crippen MR) is 72.5 cm³/mol. The second kappa shape index (κ2) is 4.20. The van der Waals surface area contributed by atoms with E-state index in [1.807, 2.05) is 12.5 Å². The van der Waals surface area contributed by atoms with Gasteiger partial charge in [-0.05, 0) is 59.5 Å². The molecule has 1 unspecified atom stereocenters. The highest BCUT2D eigenvalue weighted by atomic mass is 127. The van der Waals surface area contributed by atoms with Gasteiger partial charge in [0.1, 0.15) is 0 Å². The summed E-state index contributed by atoms with van der Waals surface area (Å²) in [4.78, 5) is 4.26. The zero-order valence-corrected chi connectivity index (χ0v) is 11.1. The number of imidazole rings is 1. The van der Waals surface area contributed by atoms with Crippen LogP contribution in [-0.2, 0) is 6.42 Å². The van der Waals surface area contributed by atoms with Gasteiger partial charge in [-0.2, -0.15) is 0 Å². The van der Waals surface area contributed by atoms with E-state index >= 15 is 0 Å². The SMILES string of the molecule is Ic1ccc(C2CCCc3cncn32)cc1. The molecule has 1 aliphatic rings. The van der Waals surface area contributed by atoms with Crippen LogP contribution in [0.4, 0.5) is 0 Å². The van der Waals surface area contributed by atoms with Crippen molar-refractivity contribution in [2.45, 2.75) is 25.3 Å². The minimum atomic E-state index is 0.489.